The van der Waals surface area contributed by atoms with E-state index >= 15 is 0 Å². The lowest BCUT2D eigenvalue weighted by Crippen LogP contribution is -2.36. The van der Waals surface area contributed by atoms with Gasteiger partial charge in [-0.05, 0) is 73.4 Å². The number of hydrogen-bond donors (Lipinski definition) is 0. The van der Waals surface area contributed by atoms with Crippen molar-refractivity contribution in [3.05, 3.63) is 95.6 Å². The van der Waals surface area contributed by atoms with Crippen LogP contribution in [0.4, 0.5) is 5.69 Å². The summed E-state index contributed by atoms with van der Waals surface area (Å²) in [5, 5.41) is 0. The van der Waals surface area contributed by atoms with Gasteiger partial charge in [-0.25, -0.2) is 8.42 Å². The predicted octanol–water partition coefficient (Wildman–Crippen LogP) is 5.92. The zero-order valence-corrected chi connectivity index (χ0v) is 20.0. The Morgan fingerprint density at radius 3 is 2.33 bits per heavy atom. The minimum atomic E-state index is -4.10. The summed E-state index contributed by atoms with van der Waals surface area (Å²) in [5.41, 5.74) is 2.66. The second kappa shape index (κ2) is 11.0. The van der Waals surface area contributed by atoms with Gasteiger partial charge >= 0.3 is 0 Å². The lowest BCUT2D eigenvalue weighted by atomic mass is 10.1. The van der Waals surface area contributed by atoms with Crippen molar-refractivity contribution < 1.29 is 17.9 Å². The summed E-state index contributed by atoms with van der Waals surface area (Å²) < 4.78 is 33.5. The highest BCUT2D eigenvalue weighted by atomic mass is 32.2. The van der Waals surface area contributed by atoms with Gasteiger partial charge in [0.1, 0.15) is 5.75 Å². The van der Waals surface area contributed by atoms with Crippen molar-refractivity contribution in [2.45, 2.75) is 38.5 Å². The molecular formula is C27H29NO4S. The molecule has 0 spiro atoms. The maximum absolute atomic E-state index is 13.5. The third-order valence-corrected chi connectivity index (χ3v) is 6.86. The van der Waals surface area contributed by atoms with E-state index in [1.807, 2.05) is 43.3 Å². The van der Waals surface area contributed by atoms with Gasteiger partial charge in [-0.2, -0.15) is 4.31 Å². The summed E-state index contributed by atoms with van der Waals surface area (Å²) in [6.07, 6.45) is 4.94. The van der Waals surface area contributed by atoms with Crippen LogP contribution in [0.15, 0.2) is 83.8 Å². The number of rotatable bonds is 9. The first-order chi connectivity index (χ1) is 15.8. The lowest BCUT2D eigenvalue weighted by molar-refractivity contribution is -0.113. The molecule has 33 heavy (non-hydrogen) atoms. The zero-order valence-electron chi connectivity index (χ0n) is 19.2. The molecule has 0 atom stereocenters. The fourth-order valence-electron chi connectivity index (χ4n) is 3.25. The van der Waals surface area contributed by atoms with Crippen molar-refractivity contribution in [1.82, 2.24) is 0 Å². The molecule has 0 saturated carbocycles. The summed E-state index contributed by atoms with van der Waals surface area (Å²) >= 11 is 0. The number of carbonyl (C=O) groups is 1. The normalized spacial score (nSPS) is 11.5. The fourth-order valence-corrected chi connectivity index (χ4v) is 4.71. The maximum atomic E-state index is 13.5. The number of unbranched alkanes of at least 4 members (excludes halogenated alkanes) is 1. The van der Waals surface area contributed by atoms with Crippen molar-refractivity contribution in [3.63, 3.8) is 0 Å². The molecule has 0 saturated heterocycles. The average molecular weight is 464 g/mol. The highest BCUT2D eigenvalue weighted by Gasteiger charge is 2.30. The van der Waals surface area contributed by atoms with Gasteiger partial charge < -0.3 is 4.74 Å². The van der Waals surface area contributed by atoms with E-state index in [4.69, 9.17) is 4.74 Å². The Bertz CT molecular complexity index is 1220. The van der Waals surface area contributed by atoms with E-state index in [2.05, 4.69) is 6.92 Å². The Kier molecular flexibility index (Phi) is 8.06. The Balaban J connectivity index is 1.92. The maximum Gasteiger partial charge on any atom is 0.271 e. The summed E-state index contributed by atoms with van der Waals surface area (Å²) in [4.78, 5) is 13.3. The summed E-state index contributed by atoms with van der Waals surface area (Å²) in [6, 6.07) is 20.7. The molecule has 3 aromatic rings. The van der Waals surface area contributed by atoms with Gasteiger partial charge in [-0.15, -0.1) is 0 Å². The van der Waals surface area contributed by atoms with Gasteiger partial charge in [0, 0.05) is 6.08 Å². The lowest BCUT2D eigenvalue weighted by Gasteiger charge is -2.23. The molecule has 0 aliphatic rings. The van der Waals surface area contributed by atoms with Gasteiger partial charge in [-0.1, -0.05) is 55.8 Å². The van der Waals surface area contributed by atoms with Crippen LogP contribution in [0.25, 0.3) is 6.08 Å². The number of aryl methyl sites for hydroxylation is 2. The minimum absolute atomic E-state index is 0.0567. The minimum Gasteiger partial charge on any atom is -0.494 e. The Morgan fingerprint density at radius 2 is 1.67 bits per heavy atom. The Labute approximate surface area is 196 Å². The van der Waals surface area contributed by atoms with Crippen LogP contribution >= 0.6 is 0 Å². The van der Waals surface area contributed by atoms with Gasteiger partial charge in [0.25, 0.3) is 15.9 Å². The van der Waals surface area contributed by atoms with Crippen LogP contribution in [0.2, 0.25) is 0 Å². The monoisotopic (exact) mass is 463 g/mol. The molecule has 172 valence electrons. The molecule has 3 aromatic carbocycles. The highest BCUT2D eigenvalue weighted by Crippen LogP contribution is 2.28. The van der Waals surface area contributed by atoms with Crippen molar-refractivity contribution in [2.75, 3.05) is 10.9 Å². The average Bonchev–Trinajstić information content (AvgIpc) is 2.81. The molecule has 1 amide bonds. The van der Waals surface area contributed by atoms with E-state index < -0.39 is 15.9 Å². The van der Waals surface area contributed by atoms with Crippen LogP contribution in [0, 0.1) is 13.8 Å². The number of sulfonamides is 1. The molecule has 0 N–H and O–H groups in total. The third-order valence-electron chi connectivity index (χ3n) is 5.13. The van der Waals surface area contributed by atoms with Crippen molar-refractivity contribution >= 4 is 27.7 Å². The van der Waals surface area contributed by atoms with Crippen molar-refractivity contribution in [2.24, 2.45) is 0 Å². The van der Waals surface area contributed by atoms with E-state index in [-0.39, 0.29) is 4.90 Å². The summed E-state index contributed by atoms with van der Waals surface area (Å²) in [6.45, 7) is 6.41. The SMILES string of the molecule is CCCCOc1ccc(/C=C/C(=O)N(c2cc(C)ccc2C)S(=O)(=O)c2ccccc2)cc1. The van der Waals surface area contributed by atoms with Crippen LogP contribution in [-0.2, 0) is 14.8 Å². The number of carbonyl (C=O) groups excluding carboxylic acids is 1. The fraction of sp³-hybridized carbons (Fsp3) is 0.222. The van der Waals surface area contributed by atoms with Gasteiger partial charge in [0.15, 0.2) is 0 Å². The van der Waals surface area contributed by atoms with E-state index in [1.54, 1.807) is 37.3 Å². The quantitative estimate of drug-likeness (QED) is 0.292. The van der Waals surface area contributed by atoms with Crippen LogP contribution < -0.4 is 9.04 Å². The molecule has 0 unspecified atom stereocenters. The zero-order chi connectivity index (χ0) is 23.8. The molecule has 0 radical (unpaired) electrons. The number of hydrogen-bond acceptors (Lipinski definition) is 4. The molecular weight excluding hydrogens is 434 g/mol. The van der Waals surface area contributed by atoms with E-state index in [0.717, 1.165) is 34.0 Å². The topological polar surface area (TPSA) is 63.7 Å². The molecule has 0 heterocycles. The number of amides is 1. The summed E-state index contributed by atoms with van der Waals surface area (Å²) in [5.74, 6) is 0.117. The standard InChI is InChI=1S/C27H29NO4S/c1-4-5-19-32-24-16-13-23(14-17-24)15-18-27(29)28(26-20-21(2)11-12-22(26)3)33(30,31)25-9-7-6-8-10-25/h6-18,20H,4-5,19H2,1-3H3/b18-15+. The molecule has 6 heteroatoms. The number of nitrogens with zero attached hydrogens (tertiary/aromatic N) is 1. The molecule has 5 nitrogen and oxygen atoms in total. The van der Waals surface area contributed by atoms with Crippen LogP contribution in [0.3, 0.4) is 0 Å². The predicted molar refractivity (Wildman–Crippen MR) is 133 cm³/mol. The van der Waals surface area contributed by atoms with Gasteiger partial charge in [-0.3, -0.25) is 4.79 Å². The Hall–Kier alpha value is -3.38. The van der Waals surface area contributed by atoms with E-state index in [0.29, 0.717) is 17.9 Å². The van der Waals surface area contributed by atoms with Crippen LogP contribution in [0.1, 0.15) is 36.5 Å². The largest absolute Gasteiger partial charge is 0.494 e. The molecule has 0 bridgehead atoms. The summed E-state index contributed by atoms with van der Waals surface area (Å²) in [7, 11) is -4.10. The first kappa shape index (κ1) is 24.3. The first-order valence-electron chi connectivity index (χ1n) is 11.0. The second-order valence-corrected chi connectivity index (χ2v) is 9.60. The molecule has 0 aliphatic carbocycles. The Morgan fingerprint density at radius 1 is 0.970 bits per heavy atom. The third kappa shape index (κ3) is 6.11. The van der Waals surface area contributed by atoms with Crippen LogP contribution in [0.5, 0.6) is 5.75 Å². The van der Waals surface area contributed by atoms with Crippen molar-refractivity contribution in [1.29, 1.82) is 0 Å². The highest BCUT2D eigenvalue weighted by molar-refractivity contribution is 7.93. The van der Waals surface area contributed by atoms with Crippen LogP contribution in [-0.4, -0.2) is 20.9 Å². The second-order valence-electron chi connectivity index (χ2n) is 7.82. The molecule has 3 rings (SSSR count). The van der Waals surface area contributed by atoms with Gasteiger partial charge in [0.2, 0.25) is 0 Å². The molecule has 0 fully saturated rings. The molecule has 0 aromatic heterocycles. The number of anilines is 1. The van der Waals surface area contributed by atoms with E-state index in [1.165, 1.54) is 18.2 Å². The van der Waals surface area contributed by atoms with Crippen molar-refractivity contribution in [3.8, 4) is 5.75 Å². The van der Waals surface area contributed by atoms with E-state index in [9.17, 15) is 13.2 Å². The number of benzene rings is 3. The van der Waals surface area contributed by atoms with Gasteiger partial charge in [0.05, 0.1) is 17.2 Å². The smallest absolute Gasteiger partial charge is 0.271 e. The first-order valence-corrected chi connectivity index (χ1v) is 12.4. The molecule has 0 aliphatic heterocycles. The number of ether oxygens (including phenoxy) is 1.